The van der Waals surface area contributed by atoms with Gasteiger partial charge in [0.1, 0.15) is 0 Å². The van der Waals surface area contributed by atoms with E-state index in [9.17, 15) is 0 Å². The molecule has 2 saturated heterocycles. The zero-order valence-electron chi connectivity index (χ0n) is 27.9. The first-order chi connectivity index (χ1) is 21.2. The van der Waals surface area contributed by atoms with E-state index in [0.29, 0.717) is 0 Å². The molecule has 0 atom stereocenters. The molecule has 3 aliphatic rings. The van der Waals surface area contributed by atoms with Crippen molar-refractivity contribution in [2.75, 3.05) is 0 Å². The largest absolute Gasteiger partial charge is 0.494 e. The molecule has 4 aromatic rings. The van der Waals surface area contributed by atoms with Crippen LogP contribution in [0.1, 0.15) is 77.6 Å². The summed E-state index contributed by atoms with van der Waals surface area (Å²) in [5, 5.41) is 0. The van der Waals surface area contributed by atoms with Crippen LogP contribution in [0.4, 0.5) is 0 Å². The van der Waals surface area contributed by atoms with E-state index in [2.05, 4.69) is 152 Å². The van der Waals surface area contributed by atoms with Gasteiger partial charge in [-0.25, -0.2) is 0 Å². The minimum atomic E-state index is -0.394. The van der Waals surface area contributed by atoms with Crippen molar-refractivity contribution in [3.63, 3.8) is 0 Å². The summed E-state index contributed by atoms with van der Waals surface area (Å²) < 4.78 is 25.6. The highest BCUT2D eigenvalue weighted by atomic mass is 16.7. The summed E-state index contributed by atoms with van der Waals surface area (Å²) in [6.07, 6.45) is 1.76. The molecule has 2 heterocycles. The van der Waals surface area contributed by atoms with Gasteiger partial charge >= 0.3 is 14.2 Å². The monoisotopic (exact) mass is 598 g/mol. The summed E-state index contributed by atoms with van der Waals surface area (Å²) in [4.78, 5) is 0. The summed E-state index contributed by atoms with van der Waals surface area (Å²) in [5.74, 6) is 0. The maximum absolute atomic E-state index is 6.40. The highest BCUT2D eigenvalue weighted by Crippen LogP contribution is 2.46. The van der Waals surface area contributed by atoms with Gasteiger partial charge in [0, 0.05) is 5.41 Å². The molecule has 0 unspecified atom stereocenters. The number of rotatable bonds is 4. The molecule has 1 aliphatic carbocycles. The zero-order chi connectivity index (χ0) is 31.8. The van der Waals surface area contributed by atoms with Crippen molar-refractivity contribution in [3.8, 4) is 11.1 Å². The van der Waals surface area contributed by atoms with Crippen LogP contribution in [0.15, 0.2) is 97.1 Å². The molecule has 7 rings (SSSR count). The second kappa shape index (κ2) is 10.4. The maximum Gasteiger partial charge on any atom is 0.494 e. The van der Waals surface area contributed by atoms with Crippen LogP contribution in [0, 0.1) is 0 Å². The second-order valence-corrected chi connectivity index (χ2v) is 15.2. The minimum Gasteiger partial charge on any atom is -0.399 e. The third kappa shape index (κ3) is 5.02. The van der Waals surface area contributed by atoms with Gasteiger partial charge in [-0.15, -0.1) is 0 Å². The van der Waals surface area contributed by atoms with Gasteiger partial charge in [0.15, 0.2) is 0 Å². The first kappa shape index (κ1) is 30.5. The van der Waals surface area contributed by atoms with Crippen molar-refractivity contribution >= 4 is 25.2 Å². The van der Waals surface area contributed by atoms with Gasteiger partial charge in [-0.2, -0.15) is 0 Å². The Balaban J connectivity index is 1.33. The van der Waals surface area contributed by atoms with E-state index >= 15 is 0 Å². The Hall–Kier alpha value is -3.15. The zero-order valence-corrected chi connectivity index (χ0v) is 27.9. The molecule has 0 spiro atoms. The summed E-state index contributed by atoms with van der Waals surface area (Å²) in [6, 6.07) is 35.7. The van der Waals surface area contributed by atoms with Gasteiger partial charge in [0.2, 0.25) is 0 Å². The van der Waals surface area contributed by atoms with Gasteiger partial charge in [-0.05, 0) is 113 Å². The second-order valence-electron chi connectivity index (χ2n) is 15.2. The standard InChI is InChI=1S/C39H44B2O4/c1-35(2)36(3,4)43-40(42-35)31-21-17-29(18-22-31)39(25-27-13-9-11-15-33(27)34-16-12-10-14-28(34)26-39)30-19-23-32(24-20-30)41-44-37(5,6)38(7,8)45-41/h9-24H,25-26H2,1-8H3. The van der Waals surface area contributed by atoms with E-state index < -0.39 is 14.2 Å². The lowest BCUT2D eigenvalue weighted by molar-refractivity contribution is 0.00578. The lowest BCUT2D eigenvalue weighted by atomic mass is 9.66. The summed E-state index contributed by atoms with van der Waals surface area (Å²) in [5.41, 5.74) is 8.14. The van der Waals surface area contributed by atoms with Crippen molar-refractivity contribution in [1.82, 2.24) is 0 Å². The molecule has 2 aliphatic heterocycles. The average Bonchev–Trinajstić information content (AvgIpc) is 3.28. The summed E-state index contributed by atoms with van der Waals surface area (Å²) >= 11 is 0. The highest BCUT2D eigenvalue weighted by molar-refractivity contribution is 6.62. The maximum atomic E-state index is 6.40. The van der Waals surface area contributed by atoms with Crippen molar-refractivity contribution < 1.29 is 18.6 Å². The fraction of sp³-hybridized carbons (Fsp3) is 0.385. The van der Waals surface area contributed by atoms with Crippen molar-refractivity contribution in [1.29, 1.82) is 0 Å². The van der Waals surface area contributed by atoms with Crippen molar-refractivity contribution in [3.05, 3.63) is 119 Å². The Morgan fingerprint density at radius 2 is 0.733 bits per heavy atom. The molecule has 0 radical (unpaired) electrons. The normalized spacial score (nSPS) is 22.0. The van der Waals surface area contributed by atoms with E-state index in [4.69, 9.17) is 18.6 Å². The lowest BCUT2D eigenvalue weighted by Crippen LogP contribution is -2.41. The molecule has 0 N–H and O–H groups in total. The fourth-order valence-electron chi connectivity index (χ4n) is 7.04. The molecule has 0 saturated carbocycles. The average molecular weight is 598 g/mol. The fourth-order valence-corrected chi connectivity index (χ4v) is 7.04. The molecule has 0 amide bonds. The van der Waals surface area contributed by atoms with Crippen LogP contribution < -0.4 is 10.9 Å². The van der Waals surface area contributed by atoms with Crippen LogP contribution in [0.3, 0.4) is 0 Å². The number of benzene rings is 4. The van der Waals surface area contributed by atoms with Crippen LogP contribution in [0.2, 0.25) is 0 Å². The summed E-state index contributed by atoms with van der Waals surface area (Å²) in [6.45, 7) is 16.8. The molecular formula is C39H44B2O4. The molecule has 230 valence electrons. The molecule has 0 bridgehead atoms. The first-order valence-corrected chi connectivity index (χ1v) is 16.3. The predicted octanol–water partition coefficient (Wildman–Crippen LogP) is 7.04. The third-order valence-electron chi connectivity index (χ3n) is 11.3. The van der Waals surface area contributed by atoms with Crippen LogP contribution >= 0.6 is 0 Å². The topological polar surface area (TPSA) is 36.9 Å². The van der Waals surface area contributed by atoms with Gasteiger partial charge in [0.25, 0.3) is 0 Å². The minimum absolute atomic E-state index is 0.300. The van der Waals surface area contributed by atoms with Crippen LogP contribution in [-0.2, 0) is 36.9 Å². The van der Waals surface area contributed by atoms with Crippen LogP contribution in [-0.4, -0.2) is 36.6 Å². The van der Waals surface area contributed by atoms with E-state index in [1.54, 1.807) is 0 Å². The molecule has 2 fully saturated rings. The van der Waals surface area contributed by atoms with E-state index in [0.717, 1.165) is 23.8 Å². The Kier molecular flexibility index (Phi) is 7.07. The number of hydrogen-bond donors (Lipinski definition) is 0. The van der Waals surface area contributed by atoms with E-state index in [1.165, 1.54) is 33.4 Å². The molecule has 6 heteroatoms. The molecule has 4 nitrogen and oxygen atoms in total. The van der Waals surface area contributed by atoms with Crippen molar-refractivity contribution in [2.24, 2.45) is 0 Å². The van der Waals surface area contributed by atoms with Crippen LogP contribution in [0.5, 0.6) is 0 Å². The lowest BCUT2D eigenvalue weighted by Gasteiger charge is -2.35. The Morgan fingerprint density at radius 1 is 0.422 bits per heavy atom. The molecule has 4 aromatic carbocycles. The van der Waals surface area contributed by atoms with Gasteiger partial charge in [0.05, 0.1) is 22.4 Å². The van der Waals surface area contributed by atoms with Gasteiger partial charge in [-0.3, -0.25) is 0 Å². The number of fused-ring (bicyclic) bond motifs is 3. The van der Waals surface area contributed by atoms with Crippen LogP contribution in [0.25, 0.3) is 11.1 Å². The predicted molar refractivity (Wildman–Crippen MR) is 184 cm³/mol. The van der Waals surface area contributed by atoms with E-state index in [1.807, 2.05) is 0 Å². The first-order valence-electron chi connectivity index (χ1n) is 16.3. The SMILES string of the molecule is CC1(C)OB(c2ccc(C3(c4ccc(B5OC(C)(C)C(C)(C)O5)cc4)Cc4ccccc4-c4ccccc4C3)cc2)OC1(C)C. The van der Waals surface area contributed by atoms with Gasteiger partial charge in [-0.1, -0.05) is 97.1 Å². The van der Waals surface area contributed by atoms with Gasteiger partial charge < -0.3 is 18.6 Å². The summed E-state index contributed by atoms with van der Waals surface area (Å²) in [7, 11) is -0.787. The Bertz CT molecular complexity index is 1560. The smallest absolute Gasteiger partial charge is 0.399 e. The van der Waals surface area contributed by atoms with Crippen molar-refractivity contribution in [2.45, 2.75) is 96.1 Å². The quantitative estimate of drug-likeness (QED) is 0.237. The third-order valence-corrected chi connectivity index (χ3v) is 11.3. The number of hydrogen-bond acceptors (Lipinski definition) is 4. The molecule has 45 heavy (non-hydrogen) atoms. The van der Waals surface area contributed by atoms with E-state index in [-0.39, 0.29) is 27.8 Å². The Morgan fingerprint density at radius 3 is 1.07 bits per heavy atom. The highest BCUT2D eigenvalue weighted by Gasteiger charge is 2.53. The molecular weight excluding hydrogens is 554 g/mol. The Labute approximate surface area is 269 Å². The molecule has 0 aromatic heterocycles.